The van der Waals surface area contributed by atoms with Gasteiger partial charge in [0.15, 0.2) is 0 Å². The van der Waals surface area contributed by atoms with Gasteiger partial charge in [0.25, 0.3) is 0 Å². The second-order valence-electron chi connectivity index (χ2n) is 4.14. The number of halogens is 4. The number of hydrogen-bond acceptors (Lipinski definition) is 2. The molecule has 1 N–H and O–H groups in total. The van der Waals surface area contributed by atoms with Crippen molar-refractivity contribution in [3.63, 3.8) is 0 Å². The summed E-state index contributed by atoms with van der Waals surface area (Å²) in [6.07, 6.45) is 0. The molecule has 0 aromatic heterocycles. The first-order chi connectivity index (χ1) is 7.68. The lowest BCUT2D eigenvalue weighted by atomic mass is 10.1. The Morgan fingerprint density at radius 1 is 1.11 bits per heavy atom. The minimum atomic E-state index is 0. The molecular formula is C12H18Cl4N2. The molecule has 0 spiro atoms. The molecule has 0 radical (unpaired) electrons. The molecule has 1 aromatic carbocycles. The van der Waals surface area contributed by atoms with Gasteiger partial charge < -0.3 is 5.32 Å². The predicted molar refractivity (Wildman–Crippen MR) is 83.8 cm³/mol. The highest BCUT2D eigenvalue weighted by Gasteiger charge is 2.18. The van der Waals surface area contributed by atoms with Gasteiger partial charge in [-0.3, -0.25) is 4.90 Å². The van der Waals surface area contributed by atoms with Crippen molar-refractivity contribution >= 4 is 48.0 Å². The van der Waals surface area contributed by atoms with Gasteiger partial charge in [-0.25, -0.2) is 0 Å². The molecule has 1 aliphatic heterocycles. The van der Waals surface area contributed by atoms with Gasteiger partial charge in [-0.1, -0.05) is 29.3 Å². The van der Waals surface area contributed by atoms with Gasteiger partial charge in [-0.2, -0.15) is 0 Å². The van der Waals surface area contributed by atoms with Crippen molar-refractivity contribution in [3.8, 4) is 0 Å². The molecule has 18 heavy (non-hydrogen) atoms. The van der Waals surface area contributed by atoms with Gasteiger partial charge in [-0.05, 0) is 24.6 Å². The van der Waals surface area contributed by atoms with Crippen molar-refractivity contribution in [1.29, 1.82) is 0 Å². The van der Waals surface area contributed by atoms with Crippen LogP contribution in [0.15, 0.2) is 18.2 Å². The second-order valence-corrected chi connectivity index (χ2v) is 4.95. The summed E-state index contributed by atoms with van der Waals surface area (Å²) in [7, 11) is 0. The first kappa shape index (κ1) is 18.3. The summed E-state index contributed by atoms with van der Waals surface area (Å²) in [5.41, 5.74) is 1.23. The Morgan fingerprint density at radius 2 is 1.72 bits per heavy atom. The SMILES string of the molecule is CC(c1ccc(Cl)c(Cl)c1)N1CCNCC1.Cl.Cl. The fourth-order valence-electron chi connectivity index (χ4n) is 2.05. The number of nitrogens with zero attached hydrogens (tertiary/aromatic N) is 1. The van der Waals surface area contributed by atoms with E-state index in [0.29, 0.717) is 16.1 Å². The van der Waals surface area contributed by atoms with Crippen LogP contribution in [0.4, 0.5) is 0 Å². The summed E-state index contributed by atoms with van der Waals surface area (Å²) in [5, 5.41) is 4.62. The molecule has 0 bridgehead atoms. The molecule has 1 atom stereocenters. The predicted octanol–water partition coefficient (Wildman–Crippen LogP) is 3.80. The number of rotatable bonds is 2. The van der Waals surface area contributed by atoms with Crippen molar-refractivity contribution in [2.24, 2.45) is 0 Å². The summed E-state index contributed by atoms with van der Waals surface area (Å²) >= 11 is 11.9. The van der Waals surface area contributed by atoms with E-state index in [1.807, 2.05) is 12.1 Å². The van der Waals surface area contributed by atoms with Crippen molar-refractivity contribution in [2.75, 3.05) is 26.2 Å². The quantitative estimate of drug-likeness (QED) is 0.886. The van der Waals surface area contributed by atoms with Crippen LogP contribution in [0.2, 0.25) is 10.0 Å². The van der Waals surface area contributed by atoms with E-state index in [1.165, 1.54) is 5.56 Å². The number of hydrogen-bond donors (Lipinski definition) is 1. The monoisotopic (exact) mass is 330 g/mol. The molecule has 2 nitrogen and oxygen atoms in total. The Kier molecular flexibility index (Phi) is 8.61. The topological polar surface area (TPSA) is 15.3 Å². The zero-order valence-corrected chi connectivity index (χ0v) is 13.3. The molecule has 6 heteroatoms. The average Bonchev–Trinajstić information content (AvgIpc) is 2.33. The maximum absolute atomic E-state index is 6.03. The van der Waals surface area contributed by atoms with Gasteiger partial charge in [0, 0.05) is 32.2 Å². The van der Waals surface area contributed by atoms with Gasteiger partial charge in [-0.15, -0.1) is 24.8 Å². The Morgan fingerprint density at radius 3 is 2.28 bits per heavy atom. The van der Waals surface area contributed by atoms with E-state index in [9.17, 15) is 0 Å². The lowest BCUT2D eigenvalue weighted by Gasteiger charge is -2.33. The second kappa shape index (κ2) is 8.47. The van der Waals surface area contributed by atoms with Crippen molar-refractivity contribution in [2.45, 2.75) is 13.0 Å². The van der Waals surface area contributed by atoms with E-state index in [4.69, 9.17) is 23.2 Å². The van der Waals surface area contributed by atoms with E-state index in [-0.39, 0.29) is 24.8 Å². The molecule has 104 valence electrons. The maximum Gasteiger partial charge on any atom is 0.0595 e. The van der Waals surface area contributed by atoms with Crippen LogP contribution >= 0.6 is 48.0 Å². The Bertz CT molecular complexity index is 367. The highest BCUT2D eigenvalue weighted by Crippen LogP contribution is 2.28. The maximum atomic E-state index is 6.03. The van der Waals surface area contributed by atoms with Gasteiger partial charge in [0.1, 0.15) is 0 Å². The summed E-state index contributed by atoms with van der Waals surface area (Å²) in [6, 6.07) is 6.30. The molecule has 1 heterocycles. The third kappa shape index (κ3) is 4.44. The van der Waals surface area contributed by atoms with Crippen LogP contribution in [0.3, 0.4) is 0 Å². The molecule has 0 saturated carbocycles. The zero-order chi connectivity index (χ0) is 11.5. The van der Waals surface area contributed by atoms with Crippen molar-refractivity contribution in [3.05, 3.63) is 33.8 Å². The van der Waals surface area contributed by atoms with Crippen LogP contribution in [-0.4, -0.2) is 31.1 Å². The molecule has 2 rings (SSSR count). The van der Waals surface area contributed by atoms with E-state index in [1.54, 1.807) is 0 Å². The molecule has 1 unspecified atom stereocenters. The van der Waals surface area contributed by atoms with Gasteiger partial charge in [0.05, 0.1) is 10.0 Å². The third-order valence-electron chi connectivity index (χ3n) is 3.13. The normalized spacial score (nSPS) is 17.5. The number of benzene rings is 1. The smallest absolute Gasteiger partial charge is 0.0595 e. The Labute approximate surface area is 131 Å². The molecule has 1 saturated heterocycles. The van der Waals surface area contributed by atoms with Crippen LogP contribution in [0.25, 0.3) is 0 Å². The zero-order valence-electron chi connectivity index (χ0n) is 10.2. The van der Waals surface area contributed by atoms with Crippen LogP contribution in [0, 0.1) is 0 Å². The molecule has 0 aliphatic carbocycles. The first-order valence-electron chi connectivity index (χ1n) is 5.58. The van der Waals surface area contributed by atoms with Crippen LogP contribution in [0.5, 0.6) is 0 Å². The van der Waals surface area contributed by atoms with Crippen molar-refractivity contribution in [1.82, 2.24) is 10.2 Å². The average molecular weight is 332 g/mol. The minimum absolute atomic E-state index is 0. The van der Waals surface area contributed by atoms with Crippen LogP contribution in [-0.2, 0) is 0 Å². The Balaban J connectivity index is 0.00000144. The Hall–Kier alpha value is 0.300. The van der Waals surface area contributed by atoms with E-state index in [2.05, 4.69) is 23.2 Å². The lowest BCUT2D eigenvalue weighted by Crippen LogP contribution is -2.44. The summed E-state index contributed by atoms with van der Waals surface area (Å²) in [5.74, 6) is 0. The van der Waals surface area contributed by atoms with E-state index >= 15 is 0 Å². The third-order valence-corrected chi connectivity index (χ3v) is 3.86. The summed E-state index contributed by atoms with van der Waals surface area (Å²) in [4.78, 5) is 2.45. The van der Waals surface area contributed by atoms with Crippen molar-refractivity contribution < 1.29 is 0 Å². The largest absolute Gasteiger partial charge is 0.314 e. The molecule has 1 fully saturated rings. The highest BCUT2D eigenvalue weighted by molar-refractivity contribution is 6.42. The van der Waals surface area contributed by atoms with Crippen LogP contribution < -0.4 is 5.32 Å². The number of piperazine rings is 1. The van der Waals surface area contributed by atoms with Gasteiger partial charge >= 0.3 is 0 Å². The van der Waals surface area contributed by atoms with E-state index < -0.39 is 0 Å². The minimum Gasteiger partial charge on any atom is -0.314 e. The highest BCUT2D eigenvalue weighted by atomic mass is 35.5. The lowest BCUT2D eigenvalue weighted by molar-refractivity contribution is 0.185. The summed E-state index contributed by atoms with van der Waals surface area (Å²) in [6.45, 7) is 6.50. The van der Waals surface area contributed by atoms with Crippen LogP contribution in [0.1, 0.15) is 18.5 Å². The fraction of sp³-hybridized carbons (Fsp3) is 0.500. The standard InChI is InChI=1S/C12H16Cl2N2.2ClH/c1-9(16-6-4-15-5-7-16)10-2-3-11(13)12(14)8-10;;/h2-3,8-9,15H,4-7H2,1H3;2*1H. The van der Waals surface area contributed by atoms with Gasteiger partial charge in [0.2, 0.25) is 0 Å². The molecule has 1 aromatic rings. The molecule has 0 amide bonds. The first-order valence-corrected chi connectivity index (χ1v) is 6.34. The van der Waals surface area contributed by atoms with E-state index in [0.717, 1.165) is 26.2 Å². The number of nitrogens with one attached hydrogen (secondary N) is 1. The molecule has 1 aliphatic rings. The fourth-order valence-corrected chi connectivity index (χ4v) is 2.36. The molecular weight excluding hydrogens is 314 g/mol. The summed E-state index contributed by atoms with van der Waals surface area (Å²) < 4.78 is 0.